The molecule has 3 rings (SSSR count). The van der Waals surface area contributed by atoms with E-state index >= 15 is 0 Å². The first-order valence-corrected chi connectivity index (χ1v) is 10.9. The second kappa shape index (κ2) is 10.7. The van der Waals surface area contributed by atoms with Crippen molar-refractivity contribution in [3.8, 4) is 5.75 Å². The maximum Gasteiger partial charge on any atom is 0.337 e. The number of carboxylic acid groups (broad SMARTS) is 1. The fourth-order valence-corrected chi connectivity index (χ4v) is 3.77. The van der Waals surface area contributed by atoms with E-state index in [1.807, 2.05) is 38.1 Å². The number of carbonyl (C=O) groups is 2. The lowest BCUT2D eigenvalue weighted by Gasteiger charge is -2.38. The van der Waals surface area contributed by atoms with Crippen LogP contribution in [0.3, 0.4) is 0 Å². The number of para-hydroxylation sites is 2. The maximum atomic E-state index is 12.0. The van der Waals surface area contributed by atoms with Crippen molar-refractivity contribution in [2.24, 2.45) is 0 Å². The van der Waals surface area contributed by atoms with Crippen LogP contribution in [0.4, 0.5) is 17.1 Å². The average molecular weight is 426 g/mol. The molecule has 0 aliphatic carbocycles. The minimum Gasteiger partial charge on any atom is -0.492 e. The zero-order valence-electron chi connectivity index (χ0n) is 18.3. The summed E-state index contributed by atoms with van der Waals surface area (Å²) in [6.07, 6.45) is 2.09. The Morgan fingerprint density at radius 2 is 1.74 bits per heavy atom. The number of amides is 1. The van der Waals surface area contributed by atoms with Gasteiger partial charge in [-0.15, -0.1) is 0 Å². The molecule has 31 heavy (non-hydrogen) atoms. The Bertz CT molecular complexity index is 907. The van der Waals surface area contributed by atoms with Gasteiger partial charge in [0.2, 0.25) is 5.91 Å². The number of carboxylic acids is 1. The predicted molar refractivity (Wildman–Crippen MR) is 124 cm³/mol. The Balaban J connectivity index is 1.69. The first-order valence-electron chi connectivity index (χ1n) is 10.9. The molecule has 1 saturated heterocycles. The summed E-state index contributed by atoms with van der Waals surface area (Å²) in [6.45, 7) is 7.76. The lowest BCUT2D eigenvalue weighted by molar-refractivity contribution is -0.116. The van der Waals surface area contributed by atoms with E-state index in [1.54, 1.807) is 12.1 Å². The van der Waals surface area contributed by atoms with Crippen molar-refractivity contribution >= 4 is 28.9 Å². The van der Waals surface area contributed by atoms with Gasteiger partial charge < -0.3 is 25.0 Å². The molecule has 0 saturated carbocycles. The molecular formula is C24H31N3O4. The van der Waals surface area contributed by atoms with Crippen molar-refractivity contribution in [1.29, 1.82) is 0 Å². The van der Waals surface area contributed by atoms with Crippen LogP contribution in [-0.4, -0.2) is 49.8 Å². The summed E-state index contributed by atoms with van der Waals surface area (Å²) in [5, 5.41) is 12.4. The Morgan fingerprint density at radius 3 is 2.42 bits per heavy atom. The van der Waals surface area contributed by atoms with Gasteiger partial charge in [-0.25, -0.2) is 4.79 Å². The van der Waals surface area contributed by atoms with E-state index < -0.39 is 5.97 Å². The highest BCUT2D eigenvalue weighted by molar-refractivity contribution is 6.01. The third-order valence-corrected chi connectivity index (χ3v) is 5.42. The van der Waals surface area contributed by atoms with Crippen molar-refractivity contribution in [1.82, 2.24) is 0 Å². The van der Waals surface area contributed by atoms with Gasteiger partial charge >= 0.3 is 5.97 Å². The number of unbranched alkanes of at least 4 members (excludes halogenated alkanes) is 1. The number of aromatic carboxylic acids is 1. The second-order valence-electron chi connectivity index (χ2n) is 7.56. The summed E-state index contributed by atoms with van der Waals surface area (Å²) in [5.41, 5.74) is 2.40. The lowest BCUT2D eigenvalue weighted by atomic mass is 10.1. The van der Waals surface area contributed by atoms with Gasteiger partial charge in [0.1, 0.15) is 5.75 Å². The van der Waals surface area contributed by atoms with E-state index in [1.165, 1.54) is 0 Å². The second-order valence-corrected chi connectivity index (χ2v) is 7.56. The zero-order chi connectivity index (χ0) is 22.2. The van der Waals surface area contributed by atoms with Crippen LogP contribution in [0.5, 0.6) is 5.75 Å². The van der Waals surface area contributed by atoms with Crippen molar-refractivity contribution in [2.45, 2.75) is 33.1 Å². The highest BCUT2D eigenvalue weighted by Crippen LogP contribution is 2.30. The van der Waals surface area contributed by atoms with Crippen LogP contribution >= 0.6 is 0 Å². The smallest absolute Gasteiger partial charge is 0.337 e. The van der Waals surface area contributed by atoms with Gasteiger partial charge in [-0.05, 0) is 43.7 Å². The molecule has 0 aromatic heterocycles. The molecule has 7 heteroatoms. The summed E-state index contributed by atoms with van der Waals surface area (Å²) in [5.74, 6) is -0.314. The molecule has 0 atom stereocenters. The van der Waals surface area contributed by atoms with E-state index in [-0.39, 0.29) is 11.5 Å². The van der Waals surface area contributed by atoms with E-state index in [4.69, 9.17) is 4.74 Å². The highest BCUT2D eigenvalue weighted by Gasteiger charge is 2.22. The molecule has 0 radical (unpaired) electrons. The van der Waals surface area contributed by atoms with Crippen molar-refractivity contribution in [3.63, 3.8) is 0 Å². The van der Waals surface area contributed by atoms with Crippen LogP contribution < -0.4 is 19.9 Å². The summed E-state index contributed by atoms with van der Waals surface area (Å²) in [7, 11) is 0. The van der Waals surface area contributed by atoms with Gasteiger partial charge in [-0.1, -0.05) is 25.5 Å². The Morgan fingerprint density at radius 1 is 1.03 bits per heavy atom. The molecule has 0 spiro atoms. The van der Waals surface area contributed by atoms with E-state index in [0.717, 1.165) is 56.1 Å². The molecule has 1 fully saturated rings. The number of carbonyl (C=O) groups excluding carboxylic acids is 1. The molecule has 1 amide bonds. The van der Waals surface area contributed by atoms with Gasteiger partial charge in [0.05, 0.1) is 23.5 Å². The lowest BCUT2D eigenvalue weighted by Crippen LogP contribution is -2.46. The average Bonchev–Trinajstić information content (AvgIpc) is 2.78. The van der Waals surface area contributed by atoms with E-state index in [2.05, 4.69) is 21.2 Å². The van der Waals surface area contributed by atoms with Crippen molar-refractivity contribution in [3.05, 3.63) is 48.0 Å². The first kappa shape index (κ1) is 22.5. The molecule has 0 unspecified atom stereocenters. The maximum absolute atomic E-state index is 12.0. The zero-order valence-corrected chi connectivity index (χ0v) is 18.3. The van der Waals surface area contributed by atoms with Crippen molar-refractivity contribution < 1.29 is 19.4 Å². The third kappa shape index (κ3) is 5.69. The largest absolute Gasteiger partial charge is 0.492 e. The van der Waals surface area contributed by atoms with Gasteiger partial charge in [0.25, 0.3) is 0 Å². The number of benzene rings is 2. The van der Waals surface area contributed by atoms with E-state index in [0.29, 0.717) is 18.7 Å². The molecule has 166 valence electrons. The third-order valence-electron chi connectivity index (χ3n) is 5.42. The number of ether oxygens (including phenoxy) is 1. The normalized spacial score (nSPS) is 13.7. The van der Waals surface area contributed by atoms with E-state index in [9.17, 15) is 14.7 Å². The van der Waals surface area contributed by atoms with Gasteiger partial charge in [-0.3, -0.25) is 4.79 Å². The summed E-state index contributed by atoms with van der Waals surface area (Å²) in [4.78, 5) is 28.3. The number of anilines is 3. The predicted octanol–water partition coefficient (Wildman–Crippen LogP) is 4.24. The van der Waals surface area contributed by atoms with Crippen LogP contribution in [0.2, 0.25) is 0 Å². The summed E-state index contributed by atoms with van der Waals surface area (Å²) < 4.78 is 5.76. The number of nitrogens with one attached hydrogen (secondary N) is 1. The SMILES string of the molecule is CCCCC(=O)Nc1ccc(N2CCN(c3ccccc3OCC)CC2)cc1C(=O)O. The number of rotatable bonds is 9. The molecular weight excluding hydrogens is 394 g/mol. The number of nitrogens with zero attached hydrogens (tertiary/aromatic N) is 2. The van der Waals surface area contributed by atoms with Crippen molar-refractivity contribution in [2.75, 3.05) is 47.9 Å². The van der Waals surface area contributed by atoms with Gasteiger partial charge in [0, 0.05) is 38.3 Å². The topological polar surface area (TPSA) is 82.1 Å². The molecule has 2 N–H and O–H groups in total. The number of hydrogen-bond acceptors (Lipinski definition) is 5. The molecule has 1 aliphatic heterocycles. The Hall–Kier alpha value is -3.22. The Labute approximate surface area is 183 Å². The quantitative estimate of drug-likeness (QED) is 0.625. The minimum absolute atomic E-state index is 0.117. The molecule has 7 nitrogen and oxygen atoms in total. The number of hydrogen-bond donors (Lipinski definition) is 2. The molecule has 1 aliphatic rings. The molecule has 2 aromatic rings. The first-order chi connectivity index (χ1) is 15.0. The fourth-order valence-electron chi connectivity index (χ4n) is 3.77. The fraction of sp³-hybridized carbons (Fsp3) is 0.417. The Kier molecular flexibility index (Phi) is 7.76. The monoisotopic (exact) mass is 425 g/mol. The summed E-state index contributed by atoms with van der Waals surface area (Å²) >= 11 is 0. The van der Waals surface area contributed by atoms with Crippen LogP contribution in [0.25, 0.3) is 0 Å². The van der Waals surface area contributed by atoms with Crippen LogP contribution in [-0.2, 0) is 4.79 Å². The van der Waals surface area contributed by atoms with Gasteiger partial charge in [0.15, 0.2) is 0 Å². The van der Waals surface area contributed by atoms with Crippen LogP contribution in [0.1, 0.15) is 43.5 Å². The standard InChI is InChI=1S/C24H31N3O4/c1-3-5-10-23(28)25-20-12-11-18(17-19(20)24(29)30)26-13-15-27(16-14-26)21-8-6-7-9-22(21)31-4-2/h6-9,11-12,17H,3-5,10,13-16H2,1-2H3,(H,25,28)(H,29,30). The molecule has 2 aromatic carbocycles. The van der Waals surface area contributed by atoms with Gasteiger partial charge in [-0.2, -0.15) is 0 Å². The molecule has 1 heterocycles. The minimum atomic E-state index is -1.04. The van der Waals surface area contributed by atoms with Crippen LogP contribution in [0, 0.1) is 0 Å². The molecule has 0 bridgehead atoms. The van der Waals surface area contributed by atoms with Crippen LogP contribution in [0.15, 0.2) is 42.5 Å². The number of piperazine rings is 1. The summed E-state index contributed by atoms with van der Waals surface area (Å²) in [6, 6.07) is 13.3. The highest BCUT2D eigenvalue weighted by atomic mass is 16.5.